The van der Waals surface area contributed by atoms with Crippen molar-refractivity contribution in [2.24, 2.45) is 5.73 Å². The first-order valence-electron chi connectivity index (χ1n) is 7.52. The topological polar surface area (TPSA) is 94.9 Å². The molecule has 8 nitrogen and oxygen atoms in total. The molecule has 0 radical (unpaired) electrons. The molecule has 0 bridgehead atoms. The predicted octanol–water partition coefficient (Wildman–Crippen LogP) is 0.0386. The number of rotatable bonds is 3. The van der Waals surface area contributed by atoms with Crippen LogP contribution >= 0.6 is 0 Å². The highest BCUT2D eigenvalue weighted by molar-refractivity contribution is 5.82. The van der Waals surface area contributed by atoms with Gasteiger partial charge in [0.1, 0.15) is 6.54 Å². The molecule has 2 N–H and O–H groups in total. The van der Waals surface area contributed by atoms with Gasteiger partial charge < -0.3 is 10.6 Å². The lowest BCUT2D eigenvalue weighted by atomic mass is 10.2. The van der Waals surface area contributed by atoms with Gasteiger partial charge in [-0.15, -0.1) is 5.10 Å². The molecule has 3 aromatic rings. The van der Waals surface area contributed by atoms with Crippen LogP contribution in [0.5, 0.6) is 0 Å². The average Bonchev–Trinajstić information content (AvgIpc) is 3.27. The lowest BCUT2D eigenvalue weighted by Gasteiger charge is -2.16. The number of fused-ring (bicyclic) bond motifs is 1. The number of likely N-dealkylation sites (tertiary alicyclic amines) is 1. The summed E-state index contributed by atoms with van der Waals surface area (Å²) in [6.07, 6.45) is 5.17. The molecule has 1 fully saturated rings. The summed E-state index contributed by atoms with van der Waals surface area (Å²) in [6.45, 7) is 1.27. The van der Waals surface area contributed by atoms with E-state index in [0.29, 0.717) is 13.1 Å². The zero-order valence-electron chi connectivity index (χ0n) is 12.5. The van der Waals surface area contributed by atoms with Crippen molar-refractivity contribution in [2.75, 3.05) is 13.1 Å². The minimum absolute atomic E-state index is 0.0110. The second-order valence-corrected chi connectivity index (χ2v) is 5.77. The lowest BCUT2D eigenvalue weighted by Crippen LogP contribution is -2.34. The van der Waals surface area contributed by atoms with E-state index in [1.165, 1.54) is 0 Å². The highest BCUT2D eigenvalue weighted by Crippen LogP contribution is 2.20. The first kappa shape index (κ1) is 13.9. The Kier molecular flexibility index (Phi) is 3.30. The molecule has 1 aromatic carbocycles. The van der Waals surface area contributed by atoms with Gasteiger partial charge in [0.25, 0.3) is 0 Å². The van der Waals surface area contributed by atoms with E-state index < -0.39 is 0 Å². The van der Waals surface area contributed by atoms with Gasteiger partial charge in [-0.05, 0) is 6.07 Å². The Morgan fingerprint density at radius 1 is 1.30 bits per heavy atom. The van der Waals surface area contributed by atoms with E-state index in [1.54, 1.807) is 32.9 Å². The van der Waals surface area contributed by atoms with Crippen LogP contribution in [-0.2, 0) is 11.3 Å². The van der Waals surface area contributed by atoms with Gasteiger partial charge in [-0.1, -0.05) is 23.4 Å². The summed E-state index contributed by atoms with van der Waals surface area (Å²) < 4.78 is 3.45. The van der Waals surface area contributed by atoms with Gasteiger partial charge in [0.15, 0.2) is 0 Å². The maximum atomic E-state index is 12.6. The third-order valence-electron chi connectivity index (χ3n) is 4.30. The van der Waals surface area contributed by atoms with Gasteiger partial charge in [-0.2, -0.15) is 5.10 Å². The van der Waals surface area contributed by atoms with Crippen LogP contribution in [-0.4, -0.2) is 54.7 Å². The molecule has 118 valence electrons. The van der Waals surface area contributed by atoms with E-state index in [9.17, 15) is 4.79 Å². The molecule has 23 heavy (non-hydrogen) atoms. The molecule has 3 heterocycles. The molecule has 0 saturated carbocycles. The van der Waals surface area contributed by atoms with Gasteiger partial charge in [-0.25, -0.2) is 4.68 Å². The maximum Gasteiger partial charge on any atom is 0.244 e. The minimum atomic E-state index is -0.144. The van der Waals surface area contributed by atoms with Crippen molar-refractivity contribution in [3.63, 3.8) is 0 Å². The number of para-hydroxylation sites is 1. The molecule has 2 atom stereocenters. The SMILES string of the molecule is N[C@@H]1CN(C(=O)Cn2ncc3ccccc32)C[C@@H]1n1ccnn1. The fraction of sp³-hybridized carbons (Fsp3) is 0.333. The van der Waals surface area contributed by atoms with Crippen molar-refractivity contribution in [3.8, 4) is 0 Å². The Bertz CT molecular complexity index is 825. The third-order valence-corrected chi connectivity index (χ3v) is 4.30. The minimum Gasteiger partial charge on any atom is -0.337 e. The highest BCUT2D eigenvalue weighted by atomic mass is 16.2. The molecule has 1 saturated heterocycles. The van der Waals surface area contributed by atoms with Gasteiger partial charge in [0, 0.05) is 30.7 Å². The number of hydrogen-bond acceptors (Lipinski definition) is 5. The molecular formula is C15H17N7O. The molecule has 8 heteroatoms. The van der Waals surface area contributed by atoms with Crippen molar-refractivity contribution in [1.29, 1.82) is 0 Å². The van der Waals surface area contributed by atoms with Crippen LogP contribution in [0.1, 0.15) is 6.04 Å². The van der Waals surface area contributed by atoms with Crippen LogP contribution in [0.15, 0.2) is 42.9 Å². The summed E-state index contributed by atoms with van der Waals surface area (Å²) in [5.41, 5.74) is 7.11. The van der Waals surface area contributed by atoms with E-state index in [4.69, 9.17) is 5.73 Å². The van der Waals surface area contributed by atoms with Crippen LogP contribution in [0.4, 0.5) is 0 Å². The summed E-state index contributed by atoms with van der Waals surface area (Å²) >= 11 is 0. The summed E-state index contributed by atoms with van der Waals surface area (Å²) in [5.74, 6) is 0.0110. The fourth-order valence-electron chi connectivity index (χ4n) is 3.07. The molecule has 4 rings (SSSR count). The summed E-state index contributed by atoms with van der Waals surface area (Å²) in [4.78, 5) is 14.4. The van der Waals surface area contributed by atoms with E-state index in [0.717, 1.165) is 10.9 Å². The number of carbonyl (C=O) groups is 1. The van der Waals surface area contributed by atoms with Gasteiger partial charge in [0.05, 0.1) is 24.0 Å². The normalized spacial score (nSPS) is 21.2. The first-order valence-corrected chi connectivity index (χ1v) is 7.52. The Labute approximate surface area is 132 Å². The molecule has 0 unspecified atom stereocenters. The number of hydrogen-bond donors (Lipinski definition) is 1. The number of amides is 1. The van der Waals surface area contributed by atoms with Crippen LogP contribution in [0, 0.1) is 0 Å². The van der Waals surface area contributed by atoms with Crippen molar-refractivity contribution in [1.82, 2.24) is 29.7 Å². The zero-order valence-corrected chi connectivity index (χ0v) is 12.5. The zero-order chi connectivity index (χ0) is 15.8. The first-order chi connectivity index (χ1) is 11.2. The smallest absolute Gasteiger partial charge is 0.244 e. The fourth-order valence-corrected chi connectivity index (χ4v) is 3.07. The number of aromatic nitrogens is 5. The van der Waals surface area contributed by atoms with Gasteiger partial charge >= 0.3 is 0 Å². The summed E-state index contributed by atoms with van der Waals surface area (Å²) in [7, 11) is 0. The highest BCUT2D eigenvalue weighted by Gasteiger charge is 2.34. The molecule has 0 aliphatic carbocycles. The Morgan fingerprint density at radius 3 is 3.00 bits per heavy atom. The molecule has 0 spiro atoms. The Balaban J connectivity index is 1.50. The quantitative estimate of drug-likeness (QED) is 0.737. The number of nitrogens with zero attached hydrogens (tertiary/aromatic N) is 6. The van der Waals surface area contributed by atoms with Crippen LogP contribution in [0.3, 0.4) is 0 Å². The van der Waals surface area contributed by atoms with E-state index >= 15 is 0 Å². The second-order valence-electron chi connectivity index (χ2n) is 5.77. The van der Waals surface area contributed by atoms with Crippen molar-refractivity contribution < 1.29 is 4.79 Å². The van der Waals surface area contributed by atoms with Gasteiger partial charge in [-0.3, -0.25) is 9.48 Å². The largest absolute Gasteiger partial charge is 0.337 e. The monoisotopic (exact) mass is 311 g/mol. The molecule has 2 aromatic heterocycles. The predicted molar refractivity (Wildman–Crippen MR) is 83.3 cm³/mol. The van der Waals surface area contributed by atoms with Crippen molar-refractivity contribution >= 4 is 16.8 Å². The Morgan fingerprint density at radius 2 is 2.17 bits per heavy atom. The lowest BCUT2D eigenvalue weighted by molar-refractivity contribution is -0.131. The third kappa shape index (κ3) is 2.46. The van der Waals surface area contributed by atoms with E-state index in [2.05, 4.69) is 15.4 Å². The van der Waals surface area contributed by atoms with Gasteiger partial charge in [0.2, 0.25) is 5.91 Å². The van der Waals surface area contributed by atoms with Crippen LogP contribution in [0.25, 0.3) is 10.9 Å². The van der Waals surface area contributed by atoms with Crippen molar-refractivity contribution in [2.45, 2.75) is 18.6 Å². The molecule has 1 aliphatic heterocycles. The van der Waals surface area contributed by atoms with E-state index in [1.807, 2.05) is 24.3 Å². The maximum absolute atomic E-state index is 12.6. The average molecular weight is 311 g/mol. The standard InChI is InChI=1S/C15H17N7O/c16-12-8-20(9-14(12)21-6-5-17-19-21)15(23)10-22-13-4-2-1-3-11(13)7-18-22/h1-7,12,14H,8-10,16H2/t12-,14+/m1/s1. The second kappa shape index (κ2) is 5.47. The van der Waals surface area contributed by atoms with Crippen LogP contribution in [0.2, 0.25) is 0 Å². The number of benzene rings is 1. The summed E-state index contributed by atoms with van der Waals surface area (Å²) in [6, 6.07) is 7.67. The molecule has 1 aliphatic rings. The number of carbonyl (C=O) groups excluding carboxylic acids is 1. The van der Waals surface area contributed by atoms with E-state index in [-0.39, 0.29) is 24.5 Å². The number of nitrogens with two attached hydrogens (primary N) is 1. The van der Waals surface area contributed by atoms with Crippen LogP contribution < -0.4 is 5.73 Å². The Hall–Kier alpha value is -2.74. The van der Waals surface area contributed by atoms with Crippen molar-refractivity contribution in [3.05, 3.63) is 42.9 Å². The molecular weight excluding hydrogens is 294 g/mol. The molecule has 1 amide bonds. The summed E-state index contributed by atoms with van der Waals surface area (Å²) in [5, 5.41) is 13.1.